The van der Waals surface area contributed by atoms with E-state index in [9.17, 15) is 14.0 Å². The topological polar surface area (TPSA) is 91.0 Å². The minimum atomic E-state index is -0.363. The largest absolute Gasteiger partial charge is 0.495 e. The van der Waals surface area contributed by atoms with Crippen molar-refractivity contribution in [2.45, 2.75) is 26.8 Å². The van der Waals surface area contributed by atoms with Crippen molar-refractivity contribution >= 4 is 22.6 Å². The van der Waals surface area contributed by atoms with Crippen molar-refractivity contribution < 1.29 is 13.9 Å². The van der Waals surface area contributed by atoms with E-state index >= 15 is 0 Å². The van der Waals surface area contributed by atoms with Gasteiger partial charge < -0.3 is 10.1 Å². The van der Waals surface area contributed by atoms with Gasteiger partial charge >= 0.3 is 0 Å². The Morgan fingerprint density at radius 3 is 2.62 bits per heavy atom. The van der Waals surface area contributed by atoms with Crippen LogP contribution in [0.25, 0.3) is 16.7 Å². The number of hydrogen-bond donors (Lipinski definition) is 1. The number of aryl methyl sites for hydroxylation is 2. The molecule has 2 heterocycles. The number of nitrogens with one attached hydrogen (secondary N) is 1. The third kappa shape index (κ3) is 4.09. The average molecular weight is 435 g/mol. The molecular weight excluding hydrogens is 413 g/mol. The smallest absolute Gasteiger partial charge is 0.264 e. The van der Waals surface area contributed by atoms with Crippen LogP contribution >= 0.6 is 0 Å². The molecular formula is C23H22FN5O3. The van der Waals surface area contributed by atoms with E-state index in [0.29, 0.717) is 34.0 Å². The van der Waals surface area contributed by atoms with E-state index in [1.54, 1.807) is 25.1 Å². The van der Waals surface area contributed by atoms with Gasteiger partial charge in [0, 0.05) is 13.0 Å². The summed E-state index contributed by atoms with van der Waals surface area (Å²) in [6.07, 6.45) is 1.51. The summed E-state index contributed by atoms with van der Waals surface area (Å²) < 4.78 is 21.5. The lowest BCUT2D eigenvalue weighted by Gasteiger charge is -2.13. The van der Waals surface area contributed by atoms with Crippen LogP contribution in [-0.4, -0.2) is 32.3 Å². The number of amides is 1. The molecule has 0 saturated heterocycles. The lowest BCUT2D eigenvalue weighted by atomic mass is 10.2. The minimum Gasteiger partial charge on any atom is -0.495 e. The number of carbonyl (C=O) groups excluding carboxylic acids is 1. The van der Waals surface area contributed by atoms with E-state index in [1.165, 1.54) is 34.7 Å². The summed E-state index contributed by atoms with van der Waals surface area (Å²) in [6, 6.07) is 11.3. The summed E-state index contributed by atoms with van der Waals surface area (Å²) in [7, 11) is 1.54. The van der Waals surface area contributed by atoms with Crippen molar-refractivity contribution in [3.8, 4) is 11.4 Å². The summed E-state index contributed by atoms with van der Waals surface area (Å²) in [6.45, 7) is 3.78. The van der Waals surface area contributed by atoms with Gasteiger partial charge in [0.25, 0.3) is 5.56 Å². The first-order valence-corrected chi connectivity index (χ1v) is 10.0. The summed E-state index contributed by atoms with van der Waals surface area (Å²) >= 11 is 0. The Hall–Kier alpha value is -4.01. The standard InChI is InChI=1S/C23H22FN5O3/c1-14-4-9-20(32-3)19(12-14)27-21(30)10-11-28-15(2)26-22-18(23(28)31)13-25-29(22)17-7-5-16(24)6-8-17/h4-9,12-13H,10-11H2,1-3H3,(H,27,30). The van der Waals surface area contributed by atoms with Crippen LogP contribution in [0.4, 0.5) is 10.1 Å². The van der Waals surface area contributed by atoms with Gasteiger partial charge in [-0.2, -0.15) is 5.10 Å². The summed E-state index contributed by atoms with van der Waals surface area (Å²) in [5.74, 6) is 0.404. The normalized spacial score (nSPS) is 11.0. The number of benzene rings is 2. The molecule has 8 nitrogen and oxygen atoms in total. The number of hydrogen-bond acceptors (Lipinski definition) is 5. The molecule has 2 aromatic carbocycles. The van der Waals surface area contributed by atoms with Crippen molar-refractivity contribution in [3.63, 3.8) is 0 Å². The summed E-state index contributed by atoms with van der Waals surface area (Å²) in [5, 5.41) is 7.39. The van der Waals surface area contributed by atoms with Gasteiger partial charge in [-0.05, 0) is 55.8 Å². The zero-order valence-electron chi connectivity index (χ0n) is 17.9. The van der Waals surface area contributed by atoms with Crippen LogP contribution in [0, 0.1) is 19.7 Å². The molecule has 0 bridgehead atoms. The van der Waals surface area contributed by atoms with E-state index < -0.39 is 0 Å². The van der Waals surface area contributed by atoms with Crippen LogP contribution in [0.3, 0.4) is 0 Å². The molecule has 0 aliphatic rings. The maximum Gasteiger partial charge on any atom is 0.264 e. The average Bonchev–Trinajstić information content (AvgIpc) is 3.18. The van der Waals surface area contributed by atoms with Crippen LogP contribution in [0.1, 0.15) is 17.8 Å². The van der Waals surface area contributed by atoms with E-state index in [2.05, 4.69) is 15.4 Å². The first-order valence-electron chi connectivity index (χ1n) is 10.0. The number of aromatic nitrogens is 4. The molecule has 0 spiro atoms. The third-order valence-corrected chi connectivity index (χ3v) is 5.14. The van der Waals surface area contributed by atoms with Crippen molar-refractivity contribution in [1.82, 2.24) is 19.3 Å². The van der Waals surface area contributed by atoms with Gasteiger partial charge in [0.15, 0.2) is 5.65 Å². The van der Waals surface area contributed by atoms with Gasteiger partial charge in [0.1, 0.15) is 22.8 Å². The van der Waals surface area contributed by atoms with Crippen LogP contribution in [0.5, 0.6) is 5.75 Å². The van der Waals surface area contributed by atoms with Crippen LogP contribution in [-0.2, 0) is 11.3 Å². The lowest BCUT2D eigenvalue weighted by molar-refractivity contribution is -0.116. The Morgan fingerprint density at radius 2 is 1.91 bits per heavy atom. The number of fused-ring (bicyclic) bond motifs is 1. The van der Waals surface area contributed by atoms with E-state index in [1.807, 2.05) is 19.1 Å². The molecule has 0 aliphatic heterocycles. The molecule has 4 aromatic rings. The van der Waals surface area contributed by atoms with E-state index in [0.717, 1.165) is 5.56 Å². The number of carbonyl (C=O) groups is 1. The Labute approximate surface area is 183 Å². The number of halogens is 1. The van der Waals surface area contributed by atoms with E-state index in [4.69, 9.17) is 4.74 Å². The van der Waals surface area contributed by atoms with Gasteiger partial charge in [0.05, 0.1) is 24.7 Å². The number of methoxy groups -OCH3 is 1. The molecule has 0 saturated carbocycles. The minimum absolute atomic E-state index is 0.0805. The van der Waals surface area contributed by atoms with Gasteiger partial charge in [-0.3, -0.25) is 14.2 Å². The predicted molar refractivity (Wildman–Crippen MR) is 119 cm³/mol. The van der Waals surface area contributed by atoms with Gasteiger partial charge in [0.2, 0.25) is 5.91 Å². The highest BCUT2D eigenvalue weighted by atomic mass is 19.1. The first kappa shape index (κ1) is 21.2. The molecule has 0 unspecified atom stereocenters. The van der Waals surface area contributed by atoms with Gasteiger partial charge in [-0.1, -0.05) is 6.07 Å². The second-order valence-electron chi connectivity index (χ2n) is 7.39. The van der Waals surface area contributed by atoms with Crippen molar-refractivity contribution in [1.29, 1.82) is 0 Å². The first-order chi connectivity index (χ1) is 15.4. The Bertz CT molecular complexity index is 1360. The highest BCUT2D eigenvalue weighted by molar-refractivity contribution is 5.92. The fourth-order valence-electron chi connectivity index (χ4n) is 3.49. The molecule has 1 amide bonds. The zero-order chi connectivity index (χ0) is 22.8. The Kier molecular flexibility index (Phi) is 5.72. The lowest BCUT2D eigenvalue weighted by Crippen LogP contribution is -2.26. The fraction of sp³-hybridized carbons (Fsp3) is 0.217. The predicted octanol–water partition coefficient (Wildman–Crippen LogP) is 3.38. The van der Waals surface area contributed by atoms with Crippen molar-refractivity contribution in [3.05, 3.63) is 76.2 Å². The second-order valence-corrected chi connectivity index (χ2v) is 7.39. The van der Waals surface area contributed by atoms with Crippen LogP contribution in [0.2, 0.25) is 0 Å². The number of anilines is 1. The van der Waals surface area contributed by atoms with Crippen LogP contribution < -0.4 is 15.6 Å². The van der Waals surface area contributed by atoms with E-state index in [-0.39, 0.29) is 30.2 Å². The van der Waals surface area contributed by atoms with Crippen molar-refractivity contribution in [2.75, 3.05) is 12.4 Å². The molecule has 0 fully saturated rings. The molecule has 32 heavy (non-hydrogen) atoms. The van der Waals surface area contributed by atoms with Gasteiger partial charge in [-0.15, -0.1) is 0 Å². The monoisotopic (exact) mass is 435 g/mol. The maximum atomic E-state index is 13.2. The molecule has 0 aliphatic carbocycles. The number of nitrogens with zero attached hydrogens (tertiary/aromatic N) is 4. The molecule has 9 heteroatoms. The fourth-order valence-corrected chi connectivity index (χ4v) is 3.49. The number of rotatable bonds is 6. The van der Waals surface area contributed by atoms with Gasteiger partial charge in [-0.25, -0.2) is 14.1 Å². The Balaban J connectivity index is 1.56. The molecule has 0 atom stereocenters. The van der Waals surface area contributed by atoms with Crippen LogP contribution in [0.15, 0.2) is 53.5 Å². The Morgan fingerprint density at radius 1 is 1.16 bits per heavy atom. The highest BCUT2D eigenvalue weighted by Gasteiger charge is 2.15. The SMILES string of the molecule is COc1ccc(C)cc1NC(=O)CCn1c(C)nc2c(cnn2-c2ccc(F)cc2)c1=O. The summed E-state index contributed by atoms with van der Waals surface area (Å²) in [4.78, 5) is 30.1. The maximum absolute atomic E-state index is 13.2. The molecule has 164 valence electrons. The molecule has 2 aromatic heterocycles. The molecule has 4 rings (SSSR count). The highest BCUT2D eigenvalue weighted by Crippen LogP contribution is 2.25. The summed E-state index contributed by atoms with van der Waals surface area (Å²) in [5.41, 5.74) is 2.25. The molecule has 0 radical (unpaired) electrons. The second kappa shape index (κ2) is 8.62. The van der Waals surface area contributed by atoms with Crippen molar-refractivity contribution in [2.24, 2.45) is 0 Å². The quantitative estimate of drug-likeness (QED) is 0.501. The third-order valence-electron chi connectivity index (χ3n) is 5.14. The molecule has 1 N–H and O–H groups in total. The zero-order valence-corrected chi connectivity index (χ0v) is 17.9. The number of ether oxygens (including phenoxy) is 1.